The Kier molecular flexibility index (Phi) is 6.03. The number of benzene rings is 2. The van der Waals surface area contributed by atoms with E-state index in [0.717, 1.165) is 17.7 Å². The fraction of sp³-hybridized carbons (Fsp3) is 0.278. The number of carbonyl (C=O) groups excluding carboxylic acids is 1. The minimum absolute atomic E-state index is 0.152. The van der Waals surface area contributed by atoms with Gasteiger partial charge in [0.15, 0.2) is 0 Å². The van der Waals surface area contributed by atoms with Crippen LogP contribution in [-0.4, -0.2) is 19.1 Å². The van der Waals surface area contributed by atoms with Gasteiger partial charge in [0.05, 0.1) is 12.7 Å². The van der Waals surface area contributed by atoms with Gasteiger partial charge in [0, 0.05) is 0 Å². The van der Waals surface area contributed by atoms with Crippen molar-refractivity contribution in [3.8, 4) is 5.75 Å². The van der Waals surface area contributed by atoms with Gasteiger partial charge in [-0.25, -0.2) is 0 Å². The fourth-order valence-electron chi connectivity index (χ4n) is 2.17. The lowest BCUT2D eigenvalue weighted by atomic mass is 10.1. The molecule has 25 heavy (non-hydrogen) atoms. The van der Waals surface area contributed by atoms with Crippen molar-refractivity contribution in [2.45, 2.75) is 25.2 Å². The quantitative estimate of drug-likeness (QED) is 0.810. The molecule has 2 N–H and O–H groups in total. The Hall–Kier alpha value is -2.54. The first-order valence-electron chi connectivity index (χ1n) is 7.51. The molecule has 0 saturated carbocycles. The maximum Gasteiger partial charge on any atom is 0.416 e. The summed E-state index contributed by atoms with van der Waals surface area (Å²) >= 11 is 0. The molecule has 0 aliphatic carbocycles. The van der Waals surface area contributed by atoms with Gasteiger partial charge in [0.1, 0.15) is 18.4 Å². The summed E-state index contributed by atoms with van der Waals surface area (Å²) in [6, 6.07) is 11.0. The van der Waals surface area contributed by atoms with Crippen LogP contribution < -0.4 is 10.5 Å². The predicted octanol–water partition coefficient (Wildman–Crippen LogP) is 3.33. The Morgan fingerprint density at radius 2 is 1.60 bits per heavy atom. The van der Waals surface area contributed by atoms with Gasteiger partial charge in [-0.1, -0.05) is 24.3 Å². The first-order chi connectivity index (χ1) is 11.8. The molecule has 0 radical (unpaired) electrons. The average molecular weight is 353 g/mol. The van der Waals surface area contributed by atoms with E-state index in [1.165, 1.54) is 19.2 Å². The number of esters is 1. The number of rotatable bonds is 6. The predicted molar refractivity (Wildman–Crippen MR) is 85.9 cm³/mol. The number of methoxy groups -OCH3 is 1. The van der Waals surface area contributed by atoms with E-state index >= 15 is 0 Å². The fourth-order valence-corrected chi connectivity index (χ4v) is 2.17. The molecule has 1 atom stereocenters. The SMILES string of the molecule is COC(=O)[C@@H](N)Cc1ccc(OCc2ccc(C(F)(F)F)cc2)cc1. The normalized spacial score (nSPS) is 12.5. The zero-order valence-electron chi connectivity index (χ0n) is 13.5. The Bertz CT molecular complexity index is 697. The molecule has 2 rings (SSSR count). The molecule has 2 aromatic carbocycles. The zero-order chi connectivity index (χ0) is 18.4. The summed E-state index contributed by atoms with van der Waals surface area (Å²) in [4.78, 5) is 11.3. The molecule has 4 nitrogen and oxygen atoms in total. The maximum atomic E-state index is 12.5. The molecular formula is C18H18F3NO3. The van der Waals surface area contributed by atoms with Crippen molar-refractivity contribution in [2.24, 2.45) is 5.73 Å². The van der Waals surface area contributed by atoms with Gasteiger partial charge in [-0.15, -0.1) is 0 Å². The van der Waals surface area contributed by atoms with Gasteiger partial charge >= 0.3 is 12.1 Å². The second-order valence-corrected chi connectivity index (χ2v) is 5.46. The van der Waals surface area contributed by atoms with E-state index in [1.54, 1.807) is 24.3 Å². The highest BCUT2D eigenvalue weighted by Gasteiger charge is 2.29. The molecule has 0 aromatic heterocycles. The minimum atomic E-state index is -4.35. The molecule has 2 aromatic rings. The summed E-state index contributed by atoms with van der Waals surface area (Å²) in [5, 5.41) is 0. The molecule has 7 heteroatoms. The average Bonchev–Trinajstić information content (AvgIpc) is 2.60. The van der Waals surface area contributed by atoms with Crippen LogP contribution >= 0.6 is 0 Å². The highest BCUT2D eigenvalue weighted by Crippen LogP contribution is 2.29. The zero-order valence-corrected chi connectivity index (χ0v) is 13.5. The van der Waals surface area contributed by atoms with Crippen molar-refractivity contribution in [3.05, 3.63) is 65.2 Å². The second kappa shape index (κ2) is 8.02. The Morgan fingerprint density at radius 1 is 1.04 bits per heavy atom. The largest absolute Gasteiger partial charge is 0.489 e. The van der Waals surface area contributed by atoms with Crippen molar-refractivity contribution >= 4 is 5.97 Å². The molecule has 134 valence electrons. The van der Waals surface area contributed by atoms with Gasteiger partial charge in [-0.2, -0.15) is 13.2 Å². The van der Waals surface area contributed by atoms with Gasteiger partial charge in [0.25, 0.3) is 0 Å². The first kappa shape index (κ1) is 18.8. The van der Waals surface area contributed by atoms with E-state index in [-0.39, 0.29) is 6.61 Å². The van der Waals surface area contributed by atoms with Crippen LogP contribution in [0, 0.1) is 0 Å². The molecular weight excluding hydrogens is 335 g/mol. The number of carbonyl (C=O) groups is 1. The first-order valence-corrected chi connectivity index (χ1v) is 7.51. The molecule has 0 amide bonds. The third kappa shape index (κ3) is 5.49. The van der Waals surface area contributed by atoms with E-state index in [2.05, 4.69) is 4.74 Å². The van der Waals surface area contributed by atoms with Crippen molar-refractivity contribution in [2.75, 3.05) is 7.11 Å². The second-order valence-electron chi connectivity index (χ2n) is 5.46. The highest BCUT2D eigenvalue weighted by atomic mass is 19.4. The van der Waals surface area contributed by atoms with Gasteiger partial charge in [-0.05, 0) is 41.8 Å². The molecule has 0 fully saturated rings. The van der Waals surface area contributed by atoms with Crippen LogP contribution in [0.1, 0.15) is 16.7 Å². The summed E-state index contributed by atoms with van der Waals surface area (Å²) in [5.41, 5.74) is 6.47. The third-order valence-electron chi connectivity index (χ3n) is 3.57. The summed E-state index contributed by atoms with van der Waals surface area (Å²) in [6.45, 7) is 0.152. The van der Waals surface area contributed by atoms with Crippen LogP contribution in [0.15, 0.2) is 48.5 Å². The van der Waals surface area contributed by atoms with Crippen molar-refractivity contribution < 1.29 is 27.4 Å². The van der Waals surface area contributed by atoms with Crippen molar-refractivity contribution in [1.82, 2.24) is 0 Å². The molecule has 0 aliphatic heterocycles. The van der Waals surface area contributed by atoms with Gasteiger partial charge < -0.3 is 15.2 Å². The van der Waals surface area contributed by atoms with Gasteiger partial charge in [0.2, 0.25) is 0 Å². The van der Waals surface area contributed by atoms with Crippen molar-refractivity contribution in [1.29, 1.82) is 0 Å². The summed E-state index contributed by atoms with van der Waals surface area (Å²) < 4.78 is 47.6. The lowest BCUT2D eigenvalue weighted by Gasteiger charge is -2.11. The lowest BCUT2D eigenvalue weighted by molar-refractivity contribution is -0.142. The third-order valence-corrected chi connectivity index (χ3v) is 3.57. The van der Waals surface area contributed by atoms with E-state index in [1.807, 2.05) is 0 Å². The monoisotopic (exact) mass is 353 g/mol. The Balaban J connectivity index is 1.90. The van der Waals surface area contributed by atoms with E-state index < -0.39 is 23.8 Å². The number of hydrogen-bond acceptors (Lipinski definition) is 4. The minimum Gasteiger partial charge on any atom is -0.489 e. The van der Waals surface area contributed by atoms with E-state index in [4.69, 9.17) is 10.5 Å². The van der Waals surface area contributed by atoms with Crippen LogP contribution in [0.2, 0.25) is 0 Å². The maximum absolute atomic E-state index is 12.5. The van der Waals surface area contributed by atoms with Crippen LogP contribution in [0.25, 0.3) is 0 Å². The highest BCUT2D eigenvalue weighted by molar-refractivity contribution is 5.75. The van der Waals surface area contributed by atoms with Crippen LogP contribution in [-0.2, 0) is 28.7 Å². The Labute approximate surface area is 143 Å². The molecule has 0 spiro atoms. The van der Waals surface area contributed by atoms with Crippen LogP contribution in [0.5, 0.6) is 5.75 Å². The molecule has 0 aliphatic rings. The van der Waals surface area contributed by atoms with Crippen LogP contribution in [0.4, 0.5) is 13.2 Å². The van der Waals surface area contributed by atoms with Crippen molar-refractivity contribution in [3.63, 3.8) is 0 Å². The molecule has 0 saturated heterocycles. The topological polar surface area (TPSA) is 61.5 Å². The number of hydrogen-bond donors (Lipinski definition) is 1. The van der Waals surface area contributed by atoms with Gasteiger partial charge in [-0.3, -0.25) is 4.79 Å². The summed E-state index contributed by atoms with van der Waals surface area (Å²) in [5.74, 6) is 0.0814. The standard InChI is InChI=1S/C18H18F3NO3/c1-24-17(23)16(22)10-12-4-8-15(9-5-12)25-11-13-2-6-14(7-3-13)18(19,20)21/h2-9,16H,10-11,22H2,1H3/t16-/m0/s1. The number of ether oxygens (including phenoxy) is 2. The van der Waals surface area contributed by atoms with Crippen LogP contribution in [0.3, 0.4) is 0 Å². The number of nitrogens with two attached hydrogens (primary N) is 1. The lowest BCUT2D eigenvalue weighted by Crippen LogP contribution is -2.33. The smallest absolute Gasteiger partial charge is 0.416 e. The molecule has 0 bridgehead atoms. The molecule has 0 heterocycles. The summed E-state index contributed by atoms with van der Waals surface area (Å²) in [7, 11) is 1.28. The number of alkyl halides is 3. The Morgan fingerprint density at radius 3 is 2.12 bits per heavy atom. The van der Waals surface area contributed by atoms with E-state index in [9.17, 15) is 18.0 Å². The molecule has 0 unspecified atom stereocenters. The number of halogens is 3. The summed E-state index contributed by atoms with van der Waals surface area (Å²) in [6.07, 6.45) is -4.01. The van der Waals surface area contributed by atoms with E-state index in [0.29, 0.717) is 17.7 Å².